The van der Waals surface area contributed by atoms with Crippen LogP contribution < -0.4 is 9.47 Å². The number of hydrogen-bond donors (Lipinski definition) is 2. The van der Waals surface area contributed by atoms with Crippen LogP contribution in [0.15, 0.2) is 108 Å². The van der Waals surface area contributed by atoms with Crippen LogP contribution >= 0.6 is 0 Å². The highest BCUT2D eigenvalue weighted by molar-refractivity contribution is 6.03. The lowest BCUT2D eigenvalue weighted by atomic mass is 9.55. The Morgan fingerprint density at radius 1 is 0.969 bits per heavy atom. The quantitative estimate of drug-likeness (QED) is 0.0454. The summed E-state index contributed by atoms with van der Waals surface area (Å²) in [7, 11) is 0. The van der Waals surface area contributed by atoms with Gasteiger partial charge < -0.3 is 34.2 Å². The van der Waals surface area contributed by atoms with E-state index in [0.29, 0.717) is 62.9 Å². The van der Waals surface area contributed by atoms with E-state index in [4.69, 9.17) is 29.2 Å². The number of amides is 1. The number of aromatic nitrogens is 1. The second-order valence-electron chi connectivity index (χ2n) is 18.6. The van der Waals surface area contributed by atoms with Gasteiger partial charge >= 0.3 is 0 Å². The minimum atomic E-state index is -1.34. The number of benzene rings is 3. The number of carbonyl (C=O) groups excluding carboxylic acids is 1. The van der Waals surface area contributed by atoms with Gasteiger partial charge in [0.15, 0.2) is 0 Å². The van der Waals surface area contributed by atoms with Gasteiger partial charge in [-0.3, -0.25) is 9.78 Å². The van der Waals surface area contributed by atoms with Gasteiger partial charge in [-0.2, -0.15) is 0 Å². The minimum absolute atomic E-state index is 0.0799. The smallest absolute Gasteiger partial charge is 0.239 e. The molecule has 2 fully saturated rings. The van der Waals surface area contributed by atoms with Gasteiger partial charge in [0.1, 0.15) is 30.8 Å². The van der Waals surface area contributed by atoms with Gasteiger partial charge in [0, 0.05) is 49.8 Å². The molecule has 2 heterocycles. The standard InChI is InChI=1S/C55H69N3O7/c1-4-32-63-55-51(58(52(61)29-26-39-17-6-7-18-39)36-42-22-15-21-40-19-8-9-24-45(40)42)35-49(57-64-5-2)47-33-41(20-10-12-30-59)46(25-11-13-31-60)53(54(47)55)48-34-44(27-28-50(48)65-55)62-37-43-23-14-16-38(3)56-43/h4,8-9,14-16,19,21-24,27-28,33-34,39,41,46,51,53-54,59-60H,1,5-7,10-13,17-18,20,25-26,29-32,35-37H2,2-3H3. The lowest BCUT2D eigenvalue weighted by molar-refractivity contribution is -0.258. The van der Waals surface area contributed by atoms with Crippen molar-refractivity contribution in [1.82, 2.24) is 9.88 Å². The third-order valence-electron chi connectivity index (χ3n) is 14.4. The minimum Gasteiger partial charge on any atom is -0.487 e. The number of pyridine rings is 1. The number of hydrogen-bond acceptors (Lipinski definition) is 9. The second kappa shape index (κ2) is 22.0. The predicted octanol–water partition coefficient (Wildman–Crippen LogP) is 10.8. The Balaban J connectivity index is 1.31. The first kappa shape index (κ1) is 46.5. The number of ether oxygens (including phenoxy) is 3. The fourth-order valence-corrected chi connectivity index (χ4v) is 11.5. The number of fused-ring (bicyclic) bond motifs is 3. The van der Waals surface area contributed by atoms with Gasteiger partial charge in [0.2, 0.25) is 11.7 Å². The molecule has 0 radical (unpaired) electrons. The average Bonchev–Trinajstić information content (AvgIpc) is 3.86. The fourth-order valence-electron chi connectivity index (χ4n) is 11.5. The number of nitrogens with zero attached hydrogens (tertiary/aromatic N) is 3. The van der Waals surface area contributed by atoms with E-state index in [9.17, 15) is 10.2 Å². The number of rotatable bonds is 22. The molecule has 6 atom stereocenters. The molecule has 2 saturated carbocycles. The van der Waals surface area contributed by atoms with Gasteiger partial charge in [-0.05, 0) is 116 Å². The first-order chi connectivity index (χ1) is 31.9. The van der Waals surface area contributed by atoms with Crippen molar-refractivity contribution >= 4 is 22.4 Å². The summed E-state index contributed by atoms with van der Waals surface area (Å²) in [6, 6.07) is 26.2. The van der Waals surface area contributed by atoms with Crippen molar-refractivity contribution in [3.8, 4) is 11.5 Å². The van der Waals surface area contributed by atoms with Crippen LogP contribution in [0.4, 0.5) is 0 Å². The summed E-state index contributed by atoms with van der Waals surface area (Å²) in [5, 5.41) is 27.2. The Hall–Kier alpha value is -5.03. The van der Waals surface area contributed by atoms with Crippen LogP contribution in [0.3, 0.4) is 0 Å². The average molecular weight is 884 g/mol. The van der Waals surface area contributed by atoms with Crippen molar-refractivity contribution in [2.75, 3.05) is 26.4 Å². The topological polar surface area (TPSA) is 123 Å². The van der Waals surface area contributed by atoms with Gasteiger partial charge in [-0.15, -0.1) is 6.58 Å². The largest absolute Gasteiger partial charge is 0.487 e. The molecule has 0 saturated heterocycles. The van der Waals surface area contributed by atoms with E-state index in [2.05, 4.69) is 66.1 Å². The summed E-state index contributed by atoms with van der Waals surface area (Å²) in [6.07, 6.45) is 15.4. The predicted molar refractivity (Wildman–Crippen MR) is 256 cm³/mol. The SMILES string of the molecule is C=CCOC12Oc3ccc(OCc4cccc(C)n4)cc3C3C(CCCCO)C(CCCCO)C=C(C(=NOCC)CC1N(Cc1cccc4ccccc14)C(=O)CCC1CCCC1)C32. The Morgan fingerprint density at radius 2 is 1.75 bits per heavy atom. The Kier molecular flexibility index (Phi) is 15.7. The molecule has 10 nitrogen and oxygen atoms in total. The third kappa shape index (κ3) is 10.4. The number of aryl methyl sites for hydroxylation is 1. The van der Waals surface area contributed by atoms with Crippen molar-refractivity contribution in [1.29, 1.82) is 0 Å². The second-order valence-corrected chi connectivity index (χ2v) is 18.6. The van der Waals surface area contributed by atoms with Gasteiger partial charge in [0.25, 0.3) is 0 Å². The first-order valence-electron chi connectivity index (χ1n) is 24.4. The van der Waals surface area contributed by atoms with E-state index in [1.54, 1.807) is 6.08 Å². The van der Waals surface area contributed by atoms with Gasteiger partial charge in [0.05, 0.1) is 23.9 Å². The van der Waals surface area contributed by atoms with Gasteiger partial charge in [-0.25, -0.2) is 0 Å². The van der Waals surface area contributed by atoms with Crippen LogP contribution in [0.5, 0.6) is 11.5 Å². The van der Waals surface area contributed by atoms with E-state index >= 15 is 4.79 Å². The highest BCUT2D eigenvalue weighted by atomic mass is 16.7. The summed E-state index contributed by atoms with van der Waals surface area (Å²) in [5.41, 5.74) is 5.71. The summed E-state index contributed by atoms with van der Waals surface area (Å²) in [4.78, 5) is 28.1. The number of allylic oxidation sites excluding steroid dienone is 1. The monoisotopic (exact) mass is 884 g/mol. The van der Waals surface area contributed by atoms with Crippen LogP contribution in [0.1, 0.15) is 119 Å². The van der Waals surface area contributed by atoms with Crippen LogP contribution in [-0.4, -0.2) is 70.0 Å². The number of aliphatic hydroxyl groups is 2. The van der Waals surface area contributed by atoms with Crippen LogP contribution in [0.25, 0.3) is 10.8 Å². The molecule has 8 rings (SSSR count). The van der Waals surface area contributed by atoms with E-state index in [0.717, 1.165) is 76.7 Å². The maximum Gasteiger partial charge on any atom is 0.239 e. The zero-order chi connectivity index (χ0) is 45.2. The van der Waals surface area contributed by atoms with Crippen LogP contribution in [0.2, 0.25) is 0 Å². The number of oxime groups is 1. The van der Waals surface area contributed by atoms with E-state index in [1.165, 1.54) is 25.7 Å². The molecule has 1 amide bonds. The van der Waals surface area contributed by atoms with Crippen molar-refractivity contribution in [3.63, 3.8) is 0 Å². The zero-order valence-corrected chi connectivity index (χ0v) is 38.5. The third-order valence-corrected chi connectivity index (χ3v) is 14.4. The molecule has 346 valence electrons. The Bertz CT molecular complexity index is 2300. The molecule has 3 aliphatic carbocycles. The van der Waals surface area contributed by atoms with E-state index in [-0.39, 0.29) is 43.5 Å². The fraction of sp³-hybridized carbons (Fsp3) is 0.509. The normalized spacial score (nSPS) is 24.2. The molecule has 1 aromatic heterocycles. The Morgan fingerprint density at radius 3 is 2.54 bits per heavy atom. The molecular formula is C55H69N3O7. The number of unbranched alkanes of at least 4 members (excludes halogenated alkanes) is 2. The maximum absolute atomic E-state index is 15.4. The highest BCUT2D eigenvalue weighted by Gasteiger charge is 2.65. The van der Waals surface area contributed by atoms with Crippen molar-refractivity contribution in [2.45, 2.75) is 128 Å². The molecule has 0 bridgehead atoms. The molecule has 3 aromatic carbocycles. The summed E-state index contributed by atoms with van der Waals surface area (Å²) in [6.45, 7) is 9.60. The summed E-state index contributed by atoms with van der Waals surface area (Å²) >= 11 is 0. The van der Waals surface area contributed by atoms with Crippen LogP contribution in [-0.2, 0) is 27.5 Å². The van der Waals surface area contributed by atoms with Crippen molar-refractivity contribution in [3.05, 3.63) is 126 Å². The molecule has 65 heavy (non-hydrogen) atoms. The van der Waals surface area contributed by atoms with E-state index < -0.39 is 17.7 Å². The Labute approximate surface area is 385 Å². The van der Waals surface area contributed by atoms with Crippen molar-refractivity contribution < 1.29 is 34.1 Å². The number of carbonyl (C=O) groups is 1. The summed E-state index contributed by atoms with van der Waals surface area (Å²) < 4.78 is 21.4. The lowest BCUT2D eigenvalue weighted by Crippen LogP contribution is -2.70. The summed E-state index contributed by atoms with van der Waals surface area (Å²) in [5.74, 6) is 0.396. The molecule has 4 aromatic rings. The first-order valence-corrected chi connectivity index (χ1v) is 24.4. The van der Waals surface area contributed by atoms with Gasteiger partial charge in [-0.1, -0.05) is 104 Å². The molecule has 4 aliphatic rings. The molecule has 6 unspecified atom stereocenters. The maximum atomic E-state index is 15.4. The molecule has 10 heteroatoms. The molecule has 1 aliphatic heterocycles. The van der Waals surface area contributed by atoms with Crippen LogP contribution in [0, 0.1) is 30.6 Å². The van der Waals surface area contributed by atoms with Crippen molar-refractivity contribution in [2.24, 2.45) is 28.8 Å². The van der Waals surface area contributed by atoms with E-state index in [1.807, 2.05) is 44.2 Å². The molecule has 0 spiro atoms. The highest BCUT2D eigenvalue weighted by Crippen LogP contribution is 2.62. The zero-order valence-electron chi connectivity index (χ0n) is 38.5. The number of aliphatic hydroxyl groups excluding tert-OH is 2. The molecular weight excluding hydrogens is 815 g/mol. The lowest BCUT2D eigenvalue weighted by Gasteiger charge is -2.60. The molecule has 2 N–H and O–H groups in total.